The summed E-state index contributed by atoms with van der Waals surface area (Å²) in [6, 6.07) is 0. The van der Waals surface area contributed by atoms with E-state index in [0.717, 1.165) is 6.42 Å². The number of thioether (sulfide) groups is 1. The highest BCUT2D eigenvalue weighted by atomic mass is 35.5. The van der Waals surface area contributed by atoms with Crippen molar-refractivity contribution in [3.63, 3.8) is 0 Å². The fraction of sp³-hybridized carbons (Fsp3) is 1.00. The maximum absolute atomic E-state index is 6.09. The number of hydrogen-bond donors (Lipinski definition) is 0. The molecular weight excluding hydrogens is 176 g/mol. The zero-order valence-electron chi connectivity index (χ0n) is 7.77. The number of rotatable bonds is 6. The van der Waals surface area contributed by atoms with Crippen LogP contribution in [0.15, 0.2) is 0 Å². The molecule has 0 bridgehead atoms. The molecule has 0 aliphatic heterocycles. The third-order valence-corrected chi connectivity index (χ3v) is 3.60. The first kappa shape index (κ1) is 11.6. The molecule has 0 aromatic carbocycles. The van der Waals surface area contributed by atoms with Crippen LogP contribution in [0.1, 0.15) is 33.6 Å². The van der Waals surface area contributed by atoms with Crippen LogP contribution in [0.25, 0.3) is 0 Å². The lowest BCUT2D eigenvalue weighted by Gasteiger charge is -2.15. The average Bonchev–Trinajstić information content (AvgIpc) is 2.03. The summed E-state index contributed by atoms with van der Waals surface area (Å²) in [6.07, 6.45) is 2.36. The molecule has 68 valence electrons. The third kappa shape index (κ3) is 5.86. The fourth-order valence-electron chi connectivity index (χ4n) is 0.997. The lowest BCUT2D eigenvalue weighted by molar-refractivity contribution is 0.521. The highest BCUT2D eigenvalue weighted by Gasteiger charge is 2.10. The van der Waals surface area contributed by atoms with Gasteiger partial charge in [-0.05, 0) is 30.3 Å². The van der Waals surface area contributed by atoms with Crippen molar-refractivity contribution in [2.45, 2.75) is 39.0 Å². The molecular formula is C9H19ClS. The molecule has 0 nitrogen and oxygen atoms in total. The van der Waals surface area contributed by atoms with E-state index in [9.17, 15) is 0 Å². The van der Waals surface area contributed by atoms with Crippen molar-refractivity contribution in [2.24, 2.45) is 5.92 Å². The van der Waals surface area contributed by atoms with E-state index in [2.05, 4.69) is 20.8 Å². The molecule has 2 unspecified atom stereocenters. The molecule has 0 aliphatic rings. The van der Waals surface area contributed by atoms with Crippen LogP contribution in [0, 0.1) is 5.92 Å². The average molecular weight is 195 g/mol. The lowest BCUT2D eigenvalue weighted by atomic mass is 10.0. The van der Waals surface area contributed by atoms with Gasteiger partial charge < -0.3 is 0 Å². The fourth-order valence-corrected chi connectivity index (χ4v) is 1.95. The van der Waals surface area contributed by atoms with Gasteiger partial charge in [0, 0.05) is 5.38 Å². The summed E-state index contributed by atoms with van der Waals surface area (Å²) in [4.78, 5) is 0. The van der Waals surface area contributed by atoms with Gasteiger partial charge in [0.25, 0.3) is 0 Å². The molecule has 0 aliphatic carbocycles. The van der Waals surface area contributed by atoms with E-state index < -0.39 is 0 Å². The highest BCUT2D eigenvalue weighted by Crippen LogP contribution is 2.19. The molecule has 2 heteroatoms. The maximum atomic E-state index is 6.09. The van der Waals surface area contributed by atoms with Crippen molar-refractivity contribution >= 4 is 23.4 Å². The summed E-state index contributed by atoms with van der Waals surface area (Å²) in [5.74, 6) is 3.17. The summed E-state index contributed by atoms with van der Waals surface area (Å²) < 4.78 is 0. The molecule has 11 heavy (non-hydrogen) atoms. The van der Waals surface area contributed by atoms with Gasteiger partial charge in [0.2, 0.25) is 0 Å². The van der Waals surface area contributed by atoms with E-state index in [-0.39, 0.29) is 0 Å². The third-order valence-electron chi connectivity index (χ3n) is 1.93. The van der Waals surface area contributed by atoms with Gasteiger partial charge in [-0.3, -0.25) is 0 Å². The largest absolute Gasteiger partial charge is 0.162 e. The minimum absolute atomic E-state index is 0.382. The molecule has 0 saturated heterocycles. The van der Waals surface area contributed by atoms with Crippen molar-refractivity contribution in [1.29, 1.82) is 0 Å². The number of alkyl halides is 1. The van der Waals surface area contributed by atoms with E-state index in [4.69, 9.17) is 11.6 Å². The van der Waals surface area contributed by atoms with Crippen molar-refractivity contribution in [3.05, 3.63) is 0 Å². The molecule has 0 saturated carbocycles. The Hall–Kier alpha value is 0.640. The number of hydrogen-bond acceptors (Lipinski definition) is 1. The van der Waals surface area contributed by atoms with Gasteiger partial charge in [0.1, 0.15) is 0 Å². The molecule has 0 radical (unpaired) electrons. The minimum Gasteiger partial charge on any atom is -0.162 e. The Morgan fingerprint density at radius 3 is 2.45 bits per heavy atom. The van der Waals surface area contributed by atoms with Gasteiger partial charge in [-0.1, -0.05) is 20.8 Å². The molecule has 0 N–H and O–H groups in total. The Morgan fingerprint density at radius 1 is 1.36 bits per heavy atom. The van der Waals surface area contributed by atoms with Gasteiger partial charge in [-0.2, -0.15) is 11.8 Å². The summed E-state index contributed by atoms with van der Waals surface area (Å²) in [6.45, 7) is 6.60. The van der Waals surface area contributed by atoms with E-state index in [0.29, 0.717) is 11.3 Å². The van der Waals surface area contributed by atoms with Gasteiger partial charge in [0.15, 0.2) is 0 Å². The predicted octanol–water partition coefficient (Wildman–Crippen LogP) is 3.78. The van der Waals surface area contributed by atoms with Crippen LogP contribution in [-0.2, 0) is 0 Å². The molecule has 0 fully saturated rings. The second kappa shape index (κ2) is 7.30. The van der Waals surface area contributed by atoms with E-state index in [1.807, 2.05) is 11.8 Å². The SMILES string of the molecule is CCSCCC(C)C(Cl)CC. The highest BCUT2D eigenvalue weighted by molar-refractivity contribution is 7.99. The van der Waals surface area contributed by atoms with Crippen LogP contribution in [-0.4, -0.2) is 16.9 Å². The van der Waals surface area contributed by atoms with Crippen molar-refractivity contribution in [3.8, 4) is 0 Å². The van der Waals surface area contributed by atoms with Crippen LogP contribution in [0.5, 0.6) is 0 Å². The van der Waals surface area contributed by atoms with Gasteiger partial charge in [-0.25, -0.2) is 0 Å². The van der Waals surface area contributed by atoms with Gasteiger partial charge in [0.05, 0.1) is 0 Å². The predicted molar refractivity (Wildman–Crippen MR) is 56.7 cm³/mol. The summed E-state index contributed by atoms with van der Waals surface area (Å²) in [5, 5.41) is 0.382. The summed E-state index contributed by atoms with van der Waals surface area (Å²) in [7, 11) is 0. The van der Waals surface area contributed by atoms with Crippen LogP contribution < -0.4 is 0 Å². The summed E-state index contributed by atoms with van der Waals surface area (Å²) >= 11 is 8.09. The zero-order valence-corrected chi connectivity index (χ0v) is 9.34. The Morgan fingerprint density at radius 2 is 2.00 bits per heavy atom. The molecule has 0 aromatic rings. The Balaban J connectivity index is 3.28. The van der Waals surface area contributed by atoms with Crippen molar-refractivity contribution in [2.75, 3.05) is 11.5 Å². The lowest BCUT2D eigenvalue weighted by Crippen LogP contribution is -2.10. The minimum atomic E-state index is 0.382. The first-order valence-electron chi connectivity index (χ1n) is 4.44. The maximum Gasteiger partial charge on any atom is 0.0359 e. The molecule has 0 aromatic heterocycles. The first-order valence-corrected chi connectivity index (χ1v) is 6.03. The first-order chi connectivity index (χ1) is 5.22. The van der Waals surface area contributed by atoms with E-state index in [1.54, 1.807) is 0 Å². The van der Waals surface area contributed by atoms with Crippen LogP contribution in [0.3, 0.4) is 0 Å². The second-order valence-electron chi connectivity index (χ2n) is 2.89. The standard InChI is InChI=1S/C9H19ClS/c1-4-9(10)8(3)6-7-11-5-2/h8-9H,4-7H2,1-3H3. The smallest absolute Gasteiger partial charge is 0.0359 e. The second-order valence-corrected chi connectivity index (χ2v) is 4.84. The Kier molecular flexibility index (Phi) is 7.72. The molecule has 0 amide bonds. The Bertz CT molecular complexity index is 85.6. The van der Waals surface area contributed by atoms with Gasteiger partial charge >= 0.3 is 0 Å². The van der Waals surface area contributed by atoms with Crippen LogP contribution in [0.4, 0.5) is 0 Å². The van der Waals surface area contributed by atoms with Crippen LogP contribution >= 0.6 is 23.4 Å². The van der Waals surface area contributed by atoms with Gasteiger partial charge in [-0.15, -0.1) is 11.6 Å². The molecule has 0 rings (SSSR count). The van der Waals surface area contributed by atoms with Crippen LogP contribution in [0.2, 0.25) is 0 Å². The molecule has 2 atom stereocenters. The van der Waals surface area contributed by atoms with Crippen molar-refractivity contribution < 1.29 is 0 Å². The number of halogens is 1. The normalized spacial score (nSPS) is 16.4. The quantitative estimate of drug-likeness (QED) is 0.458. The molecule has 0 spiro atoms. The topological polar surface area (TPSA) is 0 Å². The van der Waals surface area contributed by atoms with E-state index in [1.165, 1.54) is 17.9 Å². The Labute approximate surface area is 80.1 Å². The monoisotopic (exact) mass is 194 g/mol. The summed E-state index contributed by atoms with van der Waals surface area (Å²) in [5.41, 5.74) is 0. The zero-order chi connectivity index (χ0) is 8.69. The van der Waals surface area contributed by atoms with E-state index >= 15 is 0 Å². The molecule has 0 heterocycles. The van der Waals surface area contributed by atoms with Crippen molar-refractivity contribution in [1.82, 2.24) is 0 Å².